The van der Waals surface area contributed by atoms with Crippen LogP contribution in [-0.4, -0.2) is 29.3 Å². The van der Waals surface area contributed by atoms with Gasteiger partial charge in [-0.1, -0.05) is 43.3 Å². The number of aliphatic hydroxyl groups is 1. The summed E-state index contributed by atoms with van der Waals surface area (Å²) in [5, 5.41) is 9.30. The Hall–Kier alpha value is -3.07. The average molecular weight is 521 g/mol. The van der Waals surface area contributed by atoms with E-state index in [1.165, 1.54) is 24.3 Å². The Morgan fingerprint density at radius 2 is 1.39 bits per heavy atom. The smallest absolute Gasteiger partial charge is 0.399 e. The zero-order valence-electron chi connectivity index (χ0n) is 22.4. The average Bonchev–Trinajstić information content (AvgIpc) is 3.11. The number of β-lactam (4-membered cyclic amide) rings is 1. The first kappa shape index (κ1) is 28.0. The third-order valence-corrected chi connectivity index (χ3v) is 7.54. The Morgan fingerprint density at radius 1 is 0.895 bits per heavy atom. The van der Waals surface area contributed by atoms with Gasteiger partial charge in [-0.15, -0.1) is 0 Å². The Bertz CT molecular complexity index is 1230. The van der Waals surface area contributed by atoms with Gasteiger partial charge in [0.1, 0.15) is 11.6 Å². The van der Waals surface area contributed by atoms with Crippen LogP contribution in [0.4, 0.5) is 14.5 Å². The second kappa shape index (κ2) is 11.0. The highest BCUT2D eigenvalue weighted by Gasteiger charge is 2.51. The lowest BCUT2D eigenvalue weighted by Gasteiger charge is -2.40. The van der Waals surface area contributed by atoms with Gasteiger partial charge in [-0.2, -0.15) is 0 Å². The molecule has 2 unspecified atom stereocenters. The van der Waals surface area contributed by atoms with Crippen LogP contribution in [0.5, 0.6) is 0 Å². The molecule has 1 amide bonds. The molecular weight excluding hydrogens is 487 g/mol. The highest BCUT2D eigenvalue weighted by Crippen LogP contribution is 2.39. The van der Waals surface area contributed by atoms with Crippen LogP contribution in [0.15, 0.2) is 72.8 Å². The molecule has 2 saturated heterocycles. The van der Waals surface area contributed by atoms with Gasteiger partial charge >= 0.3 is 7.12 Å². The van der Waals surface area contributed by atoms with E-state index in [0.29, 0.717) is 18.5 Å². The first-order chi connectivity index (χ1) is 17.9. The van der Waals surface area contributed by atoms with Gasteiger partial charge in [0.2, 0.25) is 5.91 Å². The Morgan fingerprint density at radius 3 is 1.87 bits per heavy atom. The minimum Gasteiger partial charge on any atom is -0.399 e. The number of halogens is 2. The fraction of sp³-hybridized carbons (Fsp3) is 0.367. The molecule has 3 aromatic rings. The molecule has 0 radical (unpaired) electrons. The van der Waals surface area contributed by atoms with Gasteiger partial charge in [-0.3, -0.25) is 4.79 Å². The molecule has 200 valence electrons. The molecule has 2 aliphatic heterocycles. The number of hydrogen-bond donors (Lipinski definition) is 1. The fourth-order valence-corrected chi connectivity index (χ4v) is 4.38. The zero-order chi connectivity index (χ0) is 27.7. The van der Waals surface area contributed by atoms with Crippen molar-refractivity contribution in [3.8, 4) is 0 Å². The normalized spacial score (nSPS) is 20.4. The molecule has 3 aromatic carbocycles. The Balaban J connectivity index is 0.000000257. The summed E-state index contributed by atoms with van der Waals surface area (Å²) in [6.45, 7) is 10.0. The van der Waals surface area contributed by atoms with Crippen molar-refractivity contribution in [3.05, 3.63) is 95.6 Å². The summed E-state index contributed by atoms with van der Waals surface area (Å²) in [7, 11) is -0.403. The summed E-state index contributed by atoms with van der Waals surface area (Å²) in [6.07, 6.45) is 0.648. The molecule has 0 bridgehead atoms. The maximum absolute atomic E-state index is 13.2. The van der Waals surface area contributed by atoms with Crippen molar-refractivity contribution >= 4 is 24.2 Å². The first-order valence-electron chi connectivity index (χ1n) is 12.9. The topological polar surface area (TPSA) is 59.0 Å². The van der Waals surface area contributed by atoms with Gasteiger partial charge in [0.15, 0.2) is 0 Å². The molecule has 0 aromatic heterocycles. The molecule has 0 saturated carbocycles. The van der Waals surface area contributed by atoms with E-state index in [2.05, 4.69) is 0 Å². The number of anilines is 1. The number of carbonyl (C=O) groups is 1. The number of benzene rings is 3. The maximum Gasteiger partial charge on any atom is 0.494 e. The van der Waals surface area contributed by atoms with Crippen LogP contribution < -0.4 is 10.4 Å². The summed E-state index contributed by atoms with van der Waals surface area (Å²) in [5.74, 6) is -0.534. The van der Waals surface area contributed by atoms with E-state index >= 15 is 0 Å². The lowest BCUT2D eigenvalue weighted by molar-refractivity contribution is -0.124. The van der Waals surface area contributed by atoms with E-state index in [4.69, 9.17) is 9.31 Å². The van der Waals surface area contributed by atoms with Gasteiger partial charge in [-0.25, -0.2) is 8.78 Å². The van der Waals surface area contributed by atoms with Crippen molar-refractivity contribution in [2.75, 3.05) is 4.90 Å². The molecule has 2 fully saturated rings. The van der Waals surface area contributed by atoms with Crippen molar-refractivity contribution in [2.24, 2.45) is 0 Å². The quantitative estimate of drug-likeness (QED) is 0.337. The zero-order valence-corrected chi connectivity index (χ0v) is 22.4. The number of hydrogen-bond acceptors (Lipinski definition) is 4. The second-order valence-electron chi connectivity index (χ2n) is 10.7. The number of amides is 1. The Labute approximate surface area is 223 Å². The summed E-state index contributed by atoms with van der Waals surface area (Å²) in [4.78, 5) is 13.8. The van der Waals surface area contributed by atoms with Gasteiger partial charge in [0.25, 0.3) is 0 Å². The molecule has 38 heavy (non-hydrogen) atoms. The van der Waals surface area contributed by atoms with Crippen LogP contribution in [0.25, 0.3) is 0 Å². The van der Waals surface area contributed by atoms with Crippen molar-refractivity contribution in [1.82, 2.24) is 0 Å². The number of carbonyl (C=O) groups excluding carboxylic acids is 1. The van der Waals surface area contributed by atoms with Crippen molar-refractivity contribution in [1.29, 1.82) is 0 Å². The Kier molecular flexibility index (Phi) is 8.07. The van der Waals surface area contributed by atoms with E-state index < -0.39 is 13.2 Å². The molecule has 2 atom stereocenters. The first-order valence-corrected chi connectivity index (χ1v) is 12.9. The van der Waals surface area contributed by atoms with E-state index in [1.807, 2.05) is 58.9 Å². The van der Waals surface area contributed by atoms with E-state index in [1.54, 1.807) is 29.2 Å². The summed E-state index contributed by atoms with van der Waals surface area (Å²) >= 11 is 0. The maximum atomic E-state index is 13.2. The van der Waals surface area contributed by atoms with Gasteiger partial charge in [-0.05, 0) is 87.1 Å². The monoisotopic (exact) mass is 521 g/mol. The summed E-state index contributed by atoms with van der Waals surface area (Å²) in [5.41, 5.74) is 2.73. The van der Waals surface area contributed by atoms with Gasteiger partial charge < -0.3 is 19.3 Å². The second-order valence-corrected chi connectivity index (χ2v) is 10.7. The fourth-order valence-electron chi connectivity index (χ4n) is 4.38. The van der Waals surface area contributed by atoms with Crippen LogP contribution in [0.3, 0.4) is 0 Å². The van der Waals surface area contributed by atoms with Crippen molar-refractivity contribution in [3.63, 3.8) is 0 Å². The summed E-state index contributed by atoms with van der Waals surface area (Å²) in [6, 6.07) is 19.9. The van der Waals surface area contributed by atoms with Crippen LogP contribution in [0.1, 0.15) is 70.7 Å². The number of aliphatic hydroxyl groups excluding tert-OH is 1. The van der Waals surface area contributed by atoms with Crippen molar-refractivity contribution < 1.29 is 28.0 Å². The number of nitrogens with zero attached hydrogens (tertiary/aromatic N) is 1. The molecule has 2 heterocycles. The standard InChI is InChI=1S/C21H23BFNO3.C9H11FO/c1-20(2)21(3,4)27-22(26-20)15-7-5-14(6-8-15)18-13-19(25)24(18)17-11-9-16(23)10-12-17;1-2-9(11)7-3-5-8(10)6-4-7/h5-12,18H,13H2,1-4H3;3-6,9,11H,2H2,1H3. The predicted molar refractivity (Wildman–Crippen MR) is 145 cm³/mol. The molecule has 2 aliphatic rings. The molecule has 0 aliphatic carbocycles. The molecule has 1 N–H and O–H groups in total. The molecule has 5 nitrogen and oxygen atoms in total. The SMILES string of the molecule is CC1(C)OB(c2ccc(C3CC(=O)N3c3ccc(F)cc3)cc2)OC1(C)C.CCC(O)c1ccc(F)cc1. The minimum atomic E-state index is -0.462. The van der Waals surface area contributed by atoms with Crippen LogP contribution >= 0.6 is 0 Å². The predicted octanol–water partition coefficient (Wildman–Crippen LogP) is 5.87. The van der Waals surface area contributed by atoms with Gasteiger partial charge in [0.05, 0.1) is 29.8 Å². The molecular formula is C30H34BF2NO4. The molecule has 8 heteroatoms. The lowest BCUT2D eigenvalue weighted by atomic mass is 9.78. The largest absolute Gasteiger partial charge is 0.494 e. The number of rotatable bonds is 5. The third-order valence-electron chi connectivity index (χ3n) is 7.54. The van der Waals surface area contributed by atoms with Crippen LogP contribution in [0.2, 0.25) is 0 Å². The van der Waals surface area contributed by atoms with Crippen LogP contribution in [0, 0.1) is 11.6 Å². The van der Waals surface area contributed by atoms with E-state index in [9.17, 15) is 18.7 Å². The van der Waals surface area contributed by atoms with Crippen molar-refractivity contribution in [2.45, 2.75) is 70.8 Å². The highest BCUT2D eigenvalue weighted by molar-refractivity contribution is 6.62. The van der Waals surface area contributed by atoms with E-state index in [-0.39, 0.29) is 34.8 Å². The van der Waals surface area contributed by atoms with E-state index in [0.717, 1.165) is 16.6 Å². The highest BCUT2D eigenvalue weighted by atomic mass is 19.1. The molecule has 0 spiro atoms. The summed E-state index contributed by atoms with van der Waals surface area (Å²) < 4.78 is 37.7. The van der Waals surface area contributed by atoms with Crippen LogP contribution in [-0.2, 0) is 14.1 Å². The van der Waals surface area contributed by atoms with Gasteiger partial charge in [0, 0.05) is 5.69 Å². The molecule has 5 rings (SSSR count). The third kappa shape index (κ3) is 5.83. The minimum absolute atomic E-state index is 0.0321. The lowest BCUT2D eigenvalue weighted by Crippen LogP contribution is -2.46.